The molecule has 0 heterocycles. The highest BCUT2D eigenvalue weighted by atomic mass is 16.6. The van der Waals surface area contributed by atoms with E-state index in [4.69, 9.17) is 56.8 Å². The molecule has 52 heavy (non-hydrogen) atoms. The van der Waals surface area contributed by atoms with E-state index in [-0.39, 0.29) is 0 Å². The Kier molecular flexibility index (Phi) is 11.8. The van der Waals surface area contributed by atoms with Crippen molar-refractivity contribution in [3.05, 3.63) is 68.8 Å². The molecule has 0 radical (unpaired) electrons. The van der Waals surface area contributed by atoms with Crippen molar-refractivity contribution >= 4 is 0 Å². The van der Waals surface area contributed by atoms with E-state index in [1.165, 1.54) is 0 Å². The fourth-order valence-corrected chi connectivity index (χ4v) is 7.35. The molecule has 12 nitrogen and oxygen atoms in total. The number of hydrogen-bond donors (Lipinski definition) is 0. The Hall–Kier alpha value is -5.52. The van der Waals surface area contributed by atoms with Gasteiger partial charge < -0.3 is 56.8 Å². The predicted molar refractivity (Wildman–Crippen MR) is 196 cm³/mol. The Morgan fingerprint density at radius 1 is 0.212 bits per heavy atom. The van der Waals surface area contributed by atoms with Gasteiger partial charge in [-0.2, -0.15) is 0 Å². The molecule has 0 unspecified atom stereocenters. The Morgan fingerprint density at radius 3 is 0.423 bits per heavy atom. The van der Waals surface area contributed by atoms with Crippen LogP contribution in [-0.4, -0.2) is 85.3 Å². The second-order valence-electron chi connectivity index (χ2n) is 11.9. The van der Waals surface area contributed by atoms with E-state index in [2.05, 4.69) is 24.3 Å². The van der Waals surface area contributed by atoms with Gasteiger partial charge in [0.25, 0.3) is 0 Å². The van der Waals surface area contributed by atoms with E-state index >= 15 is 0 Å². The van der Waals surface area contributed by atoms with E-state index in [0.29, 0.717) is 94.7 Å². The fraction of sp³-hybridized carbons (Fsp3) is 0.400. The van der Waals surface area contributed by atoms with Crippen molar-refractivity contribution in [1.82, 2.24) is 0 Å². The molecule has 4 aromatic carbocycles. The summed E-state index contributed by atoms with van der Waals surface area (Å²) in [6.07, 6.45) is 1.48. The topological polar surface area (TPSA) is 111 Å². The molecule has 1 aliphatic rings. The summed E-state index contributed by atoms with van der Waals surface area (Å²) in [6, 6.07) is 8.21. The van der Waals surface area contributed by atoms with Gasteiger partial charge in [-0.05, 0) is 24.3 Å². The van der Waals surface area contributed by atoms with Gasteiger partial charge in [-0.25, -0.2) is 0 Å². The van der Waals surface area contributed by atoms with Crippen molar-refractivity contribution in [2.45, 2.75) is 25.7 Å². The number of fused-ring (bicyclic) bond motifs is 8. The van der Waals surface area contributed by atoms with Crippen LogP contribution in [0.2, 0.25) is 0 Å². The molecule has 4 aromatic rings. The van der Waals surface area contributed by atoms with E-state index in [0.717, 1.165) is 44.5 Å². The van der Waals surface area contributed by atoms with Crippen LogP contribution in [0.25, 0.3) is 0 Å². The molecule has 8 bridgehead atoms. The fourth-order valence-electron chi connectivity index (χ4n) is 7.35. The Labute approximate surface area is 305 Å². The van der Waals surface area contributed by atoms with E-state index < -0.39 is 0 Å². The van der Waals surface area contributed by atoms with Gasteiger partial charge in [0, 0.05) is 70.2 Å². The molecule has 280 valence electrons. The van der Waals surface area contributed by atoms with Gasteiger partial charge in [-0.1, -0.05) is 0 Å². The summed E-state index contributed by atoms with van der Waals surface area (Å²) < 4.78 is 71.9. The first-order valence-electron chi connectivity index (χ1n) is 16.5. The third kappa shape index (κ3) is 6.42. The van der Waals surface area contributed by atoms with Crippen molar-refractivity contribution < 1.29 is 56.8 Å². The molecular formula is C40H48O12. The average Bonchev–Trinajstić information content (AvgIpc) is 3.16. The van der Waals surface area contributed by atoms with Crippen LogP contribution in [0.5, 0.6) is 69.0 Å². The smallest absolute Gasteiger partial charge is 0.203 e. The minimum atomic E-state index is 0.371. The van der Waals surface area contributed by atoms with Crippen molar-refractivity contribution in [2.24, 2.45) is 0 Å². The van der Waals surface area contributed by atoms with Crippen molar-refractivity contribution in [2.75, 3.05) is 85.3 Å². The highest BCUT2D eigenvalue weighted by Crippen LogP contribution is 2.52. The molecule has 0 N–H and O–H groups in total. The summed E-state index contributed by atoms with van der Waals surface area (Å²) in [5.41, 5.74) is 6.59. The Morgan fingerprint density at radius 2 is 0.327 bits per heavy atom. The normalized spacial score (nSPS) is 11.9. The third-order valence-electron chi connectivity index (χ3n) is 9.35. The summed E-state index contributed by atoms with van der Waals surface area (Å²) in [5, 5.41) is 0. The maximum absolute atomic E-state index is 6.00. The average molecular weight is 721 g/mol. The predicted octanol–water partition coefficient (Wildman–Crippen LogP) is 6.47. The highest BCUT2D eigenvalue weighted by molar-refractivity contribution is 5.69. The first-order valence-corrected chi connectivity index (χ1v) is 16.5. The zero-order chi connectivity index (χ0) is 37.7. The van der Waals surface area contributed by atoms with Crippen LogP contribution in [0.4, 0.5) is 0 Å². The molecule has 12 heteroatoms. The largest absolute Gasteiger partial charge is 0.492 e. The minimum Gasteiger partial charge on any atom is -0.492 e. The molecule has 0 amide bonds. The second kappa shape index (κ2) is 16.2. The quantitative estimate of drug-likeness (QED) is 0.141. The number of hydrogen-bond acceptors (Lipinski definition) is 12. The molecule has 0 fully saturated rings. The molecule has 0 saturated carbocycles. The van der Waals surface area contributed by atoms with Crippen LogP contribution in [0, 0.1) is 0 Å². The zero-order valence-electron chi connectivity index (χ0n) is 32.0. The molecule has 0 saturated heterocycles. The molecular weight excluding hydrogens is 672 g/mol. The SMILES string of the molecule is COc1c2cc(c(OC)c1OC)Cc1cc(c(OC)c(OC)c1OC)Cc1cc(c(OC)c(OC)c1OC)Cc1cc(c(OC)c(OC)c1OC)C2. The third-order valence-corrected chi connectivity index (χ3v) is 9.35. The van der Waals surface area contributed by atoms with E-state index in [1.54, 1.807) is 85.3 Å². The lowest BCUT2D eigenvalue weighted by atomic mass is 9.90. The van der Waals surface area contributed by atoms with Crippen molar-refractivity contribution in [3.8, 4) is 69.0 Å². The lowest BCUT2D eigenvalue weighted by Gasteiger charge is -2.25. The minimum absolute atomic E-state index is 0.371. The monoisotopic (exact) mass is 720 g/mol. The van der Waals surface area contributed by atoms with Crippen LogP contribution < -0.4 is 56.8 Å². The van der Waals surface area contributed by atoms with Gasteiger partial charge in [-0.15, -0.1) is 0 Å². The van der Waals surface area contributed by atoms with Crippen LogP contribution in [0.15, 0.2) is 24.3 Å². The van der Waals surface area contributed by atoms with Crippen LogP contribution in [-0.2, 0) is 25.7 Å². The molecule has 0 aromatic heterocycles. The molecule has 1 aliphatic carbocycles. The first kappa shape index (κ1) is 37.7. The van der Waals surface area contributed by atoms with E-state index in [1.807, 2.05) is 0 Å². The van der Waals surface area contributed by atoms with Gasteiger partial charge in [0.15, 0.2) is 46.0 Å². The van der Waals surface area contributed by atoms with Crippen LogP contribution in [0.3, 0.4) is 0 Å². The van der Waals surface area contributed by atoms with Gasteiger partial charge in [0.1, 0.15) is 0 Å². The van der Waals surface area contributed by atoms with Gasteiger partial charge in [0.2, 0.25) is 23.0 Å². The summed E-state index contributed by atoms with van der Waals surface area (Å²) in [4.78, 5) is 0. The standard InChI is InChI=1S/C40H48O12/c1-41-29-21-13-22(30(42-2)37(29)49-9)18-25-15-26(34(46-6)39(51-11)33(25)45-5)20-28-16-27(35(47-7)40(52-12)36(28)48-8)19-24-14-23(17-21)31(43-3)38(50-10)32(24)44-4/h13-16H,17-20H2,1-12H3. The summed E-state index contributed by atoms with van der Waals surface area (Å²) in [5.74, 6) is 5.99. The second-order valence-corrected chi connectivity index (χ2v) is 11.9. The zero-order valence-corrected chi connectivity index (χ0v) is 32.0. The first-order chi connectivity index (χ1) is 25.2. The number of rotatable bonds is 12. The summed E-state index contributed by atoms with van der Waals surface area (Å²) >= 11 is 0. The van der Waals surface area contributed by atoms with E-state index in [9.17, 15) is 0 Å². The summed E-state index contributed by atoms with van der Waals surface area (Å²) in [7, 11) is 19.2. The number of benzene rings is 4. The Bertz CT molecular complexity index is 1540. The molecule has 0 spiro atoms. The maximum Gasteiger partial charge on any atom is 0.203 e. The maximum atomic E-state index is 6.00. The summed E-state index contributed by atoms with van der Waals surface area (Å²) in [6.45, 7) is 0. The highest BCUT2D eigenvalue weighted by Gasteiger charge is 2.30. The van der Waals surface area contributed by atoms with Crippen molar-refractivity contribution in [3.63, 3.8) is 0 Å². The Balaban J connectivity index is 1.98. The lowest BCUT2D eigenvalue weighted by Crippen LogP contribution is -2.09. The number of methoxy groups -OCH3 is 12. The van der Waals surface area contributed by atoms with Gasteiger partial charge in [0.05, 0.1) is 85.3 Å². The number of ether oxygens (including phenoxy) is 12. The van der Waals surface area contributed by atoms with Crippen molar-refractivity contribution in [1.29, 1.82) is 0 Å². The van der Waals surface area contributed by atoms with Crippen LogP contribution in [0.1, 0.15) is 44.5 Å². The van der Waals surface area contributed by atoms with Crippen LogP contribution >= 0.6 is 0 Å². The lowest BCUT2D eigenvalue weighted by molar-refractivity contribution is 0.315. The molecule has 0 atom stereocenters. The van der Waals surface area contributed by atoms with Gasteiger partial charge in [-0.3, -0.25) is 0 Å². The molecule has 0 aliphatic heterocycles. The van der Waals surface area contributed by atoms with Gasteiger partial charge >= 0.3 is 0 Å². The molecule has 5 rings (SSSR count).